The van der Waals surface area contributed by atoms with Crippen molar-refractivity contribution in [2.45, 2.75) is 20.3 Å². The lowest BCUT2D eigenvalue weighted by molar-refractivity contribution is 0.977. The normalized spacial score (nSPS) is 8.93. The van der Waals surface area contributed by atoms with Gasteiger partial charge in [-0.3, -0.25) is 19.9 Å². The molecule has 4 nitrogen and oxygen atoms in total. The molecular weight excluding hydrogens is 188 g/mol. The van der Waals surface area contributed by atoms with Crippen molar-refractivity contribution in [1.29, 1.82) is 0 Å². The number of aromatic nitrogens is 4. The third-order valence-electron chi connectivity index (χ3n) is 1.67. The standard InChI is InChI=1S/C7H10N2.C4H4N2/c1-3-7-5-8-6(2)4-9-7;1-2-6-4-3-5-1/h4-5H,3H2,1-2H3;1-4H. The number of aryl methyl sites for hydroxylation is 2. The molecule has 2 aromatic rings. The van der Waals surface area contributed by atoms with E-state index in [0.717, 1.165) is 17.8 Å². The average Bonchev–Trinajstić information content (AvgIpc) is 2.33. The molecule has 0 bridgehead atoms. The van der Waals surface area contributed by atoms with Crippen LogP contribution in [0.2, 0.25) is 0 Å². The van der Waals surface area contributed by atoms with Gasteiger partial charge in [0.25, 0.3) is 0 Å². The fourth-order valence-electron chi connectivity index (χ4n) is 0.855. The average molecular weight is 202 g/mol. The Morgan fingerprint density at radius 2 is 1.53 bits per heavy atom. The van der Waals surface area contributed by atoms with Crippen molar-refractivity contribution in [2.24, 2.45) is 0 Å². The van der Waals surface area contributed by atoms with Crippen LogP contribution in [0.25, 0.3) is 0 Å². The van der Waals surface area contributed by atoms with E-state index in [1.807, 2.05) is 13.1 Å². The highest BCUT2D eigenvalue weighted by Crippen LogP contribution is 1.92. The van der Waals surface area contributed by atoms with Crippen LogP contribution in [0.1, 0.15) is 18.3 Å². The van der Waals surface area contributed by atoms with Gasteiger partial charge in [-0.25, -0.2) is 0 Å². The Morgan fingerprint density at radius 1 is 0.933 bits per heavy atom. The van der Waals surface area contributed by atoms with Crippen LogP contribution in [-0.4, -0.2) is 19.9 Å². The summed E-state index contributed by atoms with van der Waals surface area (Å²) in [6.07, 6.45) is 11.1. The van der Waals surface area contributed by atoms with Crippen molar-refractivity contribution in [3.8, 4) is 0 Å². The molecule has 0 saturated heterocycles. The fraction of sp³-hybridized carbons (Fsp3) is 0.273. The molecule has 0 fully saturated rings. The summed E-state index contributed by atoms with van der Waals surface area (Å²) in [5.74, 6) is 0. The van der Waals surface area contributed by atoms with E-state index in [1.54, 1.807) is 31.0 Å². The maximum Gasteiger partial charge on any atom is 0.0584 e. The zero-order valence-electron chi connectivity index (χ0n) is 8.96. The summed E-state index contributed by atoms with van der Waals surface area (Å²) >= 11 is 0. The first-order valence-electron chi connectivity index (χ1n) is 4.80. The van der Waals surface area contributed by atoms with Gasteiger partial charge in [-0.2, -0.15) is 0 Å². The van der Waals surface area contributed by atoms with Crippen LogP contribution >= 0.6 is 0 Å². The lowest BCUT2D eigenvalue weighted by Gasteiger charge is -1.92. The van der Waals surface area contributed by atoms with E-state index >= 15 is 0 Å². The quantitative estimate of drug-likeness (QED) is 0.707. The summed E-state index contributed by atoms with van der Waals surface area (Å²) < 4.78 is 0. The zero-order valence-corrected chi connectivity index (χ0v) is 8.96. The first-order chi connectivity index (χ1) is 7.33. The molecule has 0 radical (unpaired) electrons. The molecule has 4 heteroatoms. The molecule has 2 heterocycles. The van der Waals surface area contributed by atoms with Gasteiger partial charge in [0.05, 0.1) is 11.4 Å². The topological polar surface area (TPSA) is 51.6 Å². The van der Waals surface area contributed by atoms with Gasteiger partial charge in [0, 0.05) is 37.2 Å². The van der Waals surface area contributed by atoms with Crippen molar-refractivity contribution >= 4 is 0 Å². The predicted octanol–water partition coefficient (Wildman–Crippen LogP) is 1.82. The van der Waals surface area contributed by atoms with Crippen LogP contribution in [0.3, 0.4) is 0 Å². The van der Waals surface area contributed by atoms with Gasteiger partial charge in [-0.1, -0.05) is 6.92 Å². The highest BCUT2D eigenvalue weighted by molar-refractivity contribution is 4.99. The molecule has 0 aromatic carbocycles. The van der Waals surface area contributed by atoms with Gasteiger partial charge in [-0.05, 0) is 13.3 Å². The van der Waals surface area contributed by atoms with Crippen molar-refractivity contribution in [1.82, 2.24) is 19.9 Å². The molecule has 0 N–H and O–H groups in total. The minimum absolute atomic E-state index is 0.966. The molecule has 0 aliphatic rings. The van der Waals surface area contributed by atoms with Crippen LogP contribution in [0, 0.1) is 6.92 Å². The SMILES string of the molecule is CCc1cnc(C)cn1.c1cnccn1. The first kappa shape index (κ1) is 11.2. The van der Waals surface area contributed by atoms with Crippen molar-refractivity contribution in [3.63, 3.8) is 0 Å². The minimum Gasteiger partial charge on any atom is -0.262 e. The molecular formula is C11H14N4. The van der Waals surface area contributed by atoms with Crippen LogP contribution in [-0.2, 0) is 6.42 Å². The zero-order chi connectivity index (χ0) is 10.9. The Hall–Kier alpha value is -1.84. The van der Waals surface area contributed by atoms with E-state index in [9.17, 15) is 0 Å². The van der Waals surface area contributed by atoms with Crippen molar-refractivity contribution in [3.05, 3.63) is 48.6 Å². The van der Waals surface area contributed by atoms with E-state index in [0.29, 0.717) is 0 Å². The van der Waals surface area contributed by atoms with Gasteiger partial charge >= 0.3 is 0 Å². The predicted molar refractivity (Wildman–Crippen MR) is 58.2 cm³/mol. The highest BCUT2D eigenvalue weighted by atomic mass is 14.8. The second-order valence-electron chi connectivity index (χ2n) is 2.90. The first-order valence-corrected chi connectivity index (χ1v) is 4.80. The lowest BCUT2D eigenvalue weighted by atomic mass is 10.3. The van der Waals surface area contributed by atoms with Gasteiger partial charge in [-0.15, -0.1) is 0 Å². The molecule has 0 aliphatic carbocycles. The number of nitrogens with zero attached hydrogens (tertiary/aromatic N) is 4. The molecule has 0 unspecified atom stereocenters. The number of rotatable bonds is 1. The Bertz CT molecular complexity index is 331. The fourth-order valence-corrected chi connectivity index (χ4v) is 0.855. The van der Waals surface area contributed by atoms with E-state index < -0.39 is 0 Å². The number of hydrogen-bond acceptors (Lipinski definition) is 4. The van der Waals surface area contributed by atoms with E-state index in [-0.39, 0.29) is 0 Å². The van der Waals surface area contributed by atoms with Crippen LogP contribution in [0.4, 0.5) is 0 Å². The largest absolute Gasteiger partial charge is 0.262 e. The minimum atomic E-state index is 0.966. The van der Waals surface area contributed by atoms with Crippen molar-refractivity contribution < 1.29 is 0 Å². The third-order valence-corrected chi connectivity index (χ3v) is 1.67. The molecule has 15 heavy (non-hydrogen) atoms. The van der Waals surface area contributed by atoms with Gasteiger partial charge in [0.2, 0.25) is 0 Å². The molecule has 0 atom stereocenters. The Balaban J connectivity index is 0.000000162. The molecule has 78 valence electrons. The summed E-state index contributed by atoms with van der Waals surface area (Å²) in [5, 5.41) is 0. The van der Waals surface area contributed by atoms with Gasteiger partial charge in [0.15, 0.2) is 0 Å². The maximum absolute atomic E-state index is 4.13. The van der Waals surface area contributed by atoms with Crippen molar-refractivity contribution in [2.75, 3.05) is 0 Å². The van der Waals surface area contributed by atoms with Crippen LogP contribution in [0.5, 0.6) is 0 Å². The Kier molecular flexibility index (Phi) is 4.94. The van der Waals surface area contributed by atoms with E-state index in [1.165, 1.54) is 0 Å². The third kappa shape index (κ3) is 4.81. The summed E-state index contributed by atoms with van der Waals surface area (Å²) in [6.45, 7) is 4.01. The molecule has 0 aliphatic heterocycles. The smallest absolute Gasteiger partial charge is 0.0584 e. The Labute approximate surface area is 89.5 Å². The maximum atomic E-state index is 4.13. The van der Waals surface area contributed by atoms with Crippen LogP contribution < -0.4 is 0 Å². The summed E-state index contributed by atoms with van der Waals surface area (Å²) in [7, 11) is 0. The second kappa shape index (κ2) is 6.59. The molecule has 2 aromatic heterocycles. The van der Waals surface area contributed by atoms with E-state index in [4.69, 9.17) is 0 Å². The summed E-state index contributed by atoms with van der Waals surface area (Å²) in [6, 6.07) is 0. The highest BCUT2D eigenvalue weighted by Gasteiger charge is 1.87. The van der Waals surface area contributed by atoms with Gasteiger partial charge in [0.1, 0.15) is 0 Å². The van der Waals surface area contributed by atoms with Crippen LogP contribution in [0.15, 0.2) is 37.2 Å². The molecule has 0 amide bonds. The summed E-state index contributed by atoms with van der Waals surface area (Å²) in [5.41, 5.74) is 2.04. The molecule has 0 spiro atoms. The second-order valence-corrected chi connectivity index (χ2v) is 2.90. The monoisotopic (exact) mass is 202 g/mol. The molecule has 2 rings (SSSR count). The lowest BCUT2D eigenvalue weighted by Crippen LogP contribution is -1.89. The Morgan fingerprint density at radius 3 is 1.87 bits per heavy atom. The van der Waals surface area contributed by atoms with E-state index in [2.05, 4.69) is 26.9 Å². The summed E-state index contributed by atoms with van der Waals surface area (Å²) in [4.78, 5) is 15.7. The molecule has 0 saturated carbocycles. The number of hydrogen-bond donors (Lipinski definition) is 0. The van der Waals surface area contributed by atoms with Gasteiger partial charge < -0.3 is 0 Å².